The first-order chi connectivity index (χ1) is 12.1. The van der Waals surface area contributed by atoms with Crippen molar-refractivity contribution in [3.05, 3.63) is 34.3 Å². The second-order valence-corrected chi connectivity index (χ2v) is 4.80. The molecule has 6 nitrogen and oxygen atoms in total. The van der Waals surface area contributed by atoms with Gasteiger partial charge in [0.15, 0.2) is 5.78 Å². The van der Waals surface area contributed by atoms with Crippen molar-refractivity contribution in [2.24, 2.45) is 0 Å². The van der Waals surface area contributed by atoms with E-state index >= 15 is 0 Å². The Morgan fingerprint density at radius 2 is 2.33 bits per heavy atom. The van der Waals surface area contributed by atoms with Crippen LogP contribution >= 0.6 is 0 Å². The maximum absolute atomic E-state index is 13.0. The number of nitrogens with two attached hydrogens (primary N) is 1. The van der Waals surface area contributed by atoms with Gasteiger partial charge in [0, 0.05) is 16.2 Å². The summed E-state index contributed by atoms with van der Waals surface area (Å²) in [6.07, 6.45) is -1.91. The SMILES string of the molecule is [2H]c1cc2nc(C([2H])[2H])n(C3C(=O)CC(=O)CC3[2H])c(=O)c2c(N)c1[2H]. The van der Waals surface area contributed by atoms with E-state index in [4.69, 9.17) is 12.6 Å². The number of hydrogen-bond acceptors (Lipinski definition) is 5. The summed E-state index contributed by atoms with van der Waals surface area (Å²) in [5, 5.41) is -0.202. The maximum Gasteiger partial charge on any atom is 0.264 e. The van der Waals surface area contributed by atoms with Crippen molar-refractivity contribution >= 4 is 28.2 Å². The van der Waals surface area contributed by atoms with E-state index < -0.39 is 42.9 Å². The Balaban J connectivity index is 2.39. The molecule has 0 amide bonds. The van der Waals surface area contributed by atoms with Crippen LogP contribution in [-0.2, 0) is 9.59 Å². The van der Waals surface area contributed by atoms with Crippen LogP contribution in [0.2, 0.25) is 0 Å². The quantitative estimate of drug-likeness (QED) is 0.628. The predicted octanol–water partition coefficient (Wildman–Crippen LogP) is 1.15. The zero-order valence-electron chi connectivity index (χ0n) is 15.9. The van der Waals surface area contributed by atoms with Crippen LogP contribution in [-0.4, -0.2) is 21.1 Å². The standard InChI is InChI=1S/C15H15N3O3/c1-8-17-11-4-2-3-10(16)14(11)15(21)18(8)12-6-5-9(19)7-13(12)20/h2-4,12H,5-7,16H2,1H3/i1D2,2D,3D,6D. The average Bonchev–Trinajstić information content (AvgIpc) is 2.53. The highest BCUT2D eigenvalue weighted by atomic mass is 16.2. The van der Waals surface area contributed by atoms with E-state index in [1.54, 1.807) is 0 Å². The number of aryl methyl sites for hydroxylation is 1. The van der Waals surface area contributed by atoms with E-state index in [2.05, 4.69) is 4.98 Å². The number of Topliss-reactive ketones (excluding diaryl/α,β-unsaturated/α-hetero) is 2. The molecule has 2 aromatic rings. The summed E-state index contributed by atoms with van der Waals surface area (Å²) in [4.78, 5) is 40.9. The second-order valence-electron chi connectivity index (χ2n) is 4.80. The van der Waals surface area contributed by atoms with Crippen LogP contribution in [0.3, 0.4) is 0 Å². The van der Waals surface area contributed by atoms with Gasteiger partial charge in [-0.2, -0.15) is 0 Å². The number of carbonyl (C=O) groups excluding carboxylic acids is 2. The van der Waals surface area contributed by atoms with Gasteiger partial charge >= 0.3 is 0 Å². The summed E-state index contributed by atoms with van der Waals surface area (Å²) >= 11 is 0. The third-order valence-electron chi connectivity index (χ3n) is 3.40. The van der Waals surface area contributed by atoms with E-state index in [0.717, 1.165) is 10.6 Å². The van der Waals surface area contributed by atoms with Gasteiger partial charge in [0.25, 0.3) is 5.56 Å². The maximum atomic E-state index is 13.0. The van der Waals surface area contributed by atoms with Crippen LogP contribution in [0, 0.1) is 6.88 Å². The second kappa shape index (κ2) is 4.80. The lowest BCUT2D eigenvalue weighted by atomic mass is 9.92. The third-order valence-corrected chi connectivity index (χ3v) is 3.40. The van der Waals surface area contributed by atoms with Crippen molar-refractivity contribution in [1.29, 1.82) is 0 Å². The molecule has 1 aliphatic carbocycles. The van der Waals surface area contributed by atoms with E-state index in [1.807, 2.05) is 0 Å². The van der Waals surface area contributed by atoms with Gasteiger partial charge in [0.05, 0.1) is 26.1 Å². The number of nitrogens with zero attached hydrogens (tertiary/aromatic N) is 2. The van der Waals surface area contributed by atoms with Crippen LogP contribution in [0.5, 0.6) is 0 Å². The normalized spacial score (nSPS) is 26.2. The number of carbonyl (C=O) groups is 2. The van der Waals surface area contributed by atoms with Crippen LogP contribution in [0.25, 0.3) is 10.9 Å². The van der Waals surface area contributed by atoms with Crippen LogP contribution < -0.4 is 11.3 Å². The Hall–Kier alpha value is -2.50. The van der Waals surface area contributed by atoms with Gasteiger partial charge in [0.2, 0.25) is 0 Å². The zero-order chi connectivity index (χ0) is 19.3. The zero-order valence-corrected chi connectivity index (χ0v) is 10.9. The molecule has 0 aliphatic heterocycles. The topological polar surface area (TPSA) is 95.0 Å². The lowest BCUT2D eigenvalue weighted by Gasteiger charge is -2.24. The molecule has 1 aromatic heterocycles. The highest BCUT2D eigenvalue weighted by Gasteiger charge is 2.30. The summed E-state index contributed by atoms with van der Waals surface area (Å²) in [5.41, 5.74) is 4.59. The molecule has 2 N–H and O–H groups in total. The summed E-state index contributed by atoms with van der Waals surface area (Å²) in [6.45, 7) is -1.74. The van der Waals surface area contributed by atoms with Gasteiger partial charge in [-0.25, -0.2) is 4.98 Å². The molecule has 0 radical (unpaired) electrons. The van der Waals surface area contributed by atoms with Crippen LogP contribution in [0.1, 0.15) is 38.0 Å². The third kappa shape index (κ3) is 2.12. The lowest BCUT2D eigenvalue weighted by molar-refractivity contribution is -0.132. The first-order valence-electron chi connectivity index (χ1n) is 8.99. The van der Waals surface area contributed by atoms with E-state index in [-0.39, 0.29) is 40.9 Å². The molecule has 1 fully saturated rings. The fourth-order valence-electron chi connectivity index (χ4n) is 2.43. The molecule has 108 valence electrons. The number of benzene rings is 1. The molecule has 1 heterocycles. The molecular weight excluding hydrogens is 270 g/mol. The molecule has 2 unspecified atom stereocenters. The molecule has 0 bridgehead atoms. The first-order valence-corrected chi connectivity index (χ1v) is 6.26. The van der Waals surface area contributed by atoms with E-state index in [1.165, 1.54) is 0 Å². The van der Waals surface area contributed by atoms with Crippen LogP contribution in [0.4, 0.5) is 5.69 Å². The minimum absolute atomic E-state index is 0.0508. The van der Waals surface area contributed by atoms with Crippen molar-refractivity contribution in [1.82, 2.24) is 9.55 Å². The Labute approximate surface area is 127 Å². The monoisotopic (exact) mass is 290 g/mol. The molecule has 1 aliphatic rings. The summed E-state index contributed by atoms with van der Waals surface area (Å²) in [6, 6.07) is -0.864. The molecule has 0 saturated heterocycles. The van der Waals surface area contributed by atoms with Gasteiger partial charge in [-0.15, -0.1) is 0 Å². The summed E-state index contributed by atoms with van der Waals surface area (Å²) < 4.78 is 39.6. The average molecular weight is 290 g/mol. The number of fused-ring (bicyclic) bond motifs is 1. The smallest absolute Gasteiger partial charge is 0.264 e. The van der Waals surface area contributed by atoms with Crippen molar-refractivity contribution in [3.8, 4) is 0 Å². The fraction of sp³-hybridized carbons (Fsp3) is 0.333. The van der Waals surface area contributed by atoms with Crippen LogP contribution in [0.15, 0.2) is 22.9 Å². The Bertz CT molecular complexity index is 1000. The minimum atomic E-state index is -1.74. The molecule has 1 saturated carbocycles. The summed E-state index contributed by atoms with van der Waals surface area (Å²) in [7, 11) is 0. The number of ketones is 2. The number of rotatable bonds is 1. The first kappa shape index (κ1) is 8.71. The fourth-order valence-corrected chi connectivity index (χ4v) is 2.43. The number of aromatic nitrogens is 2. The molecule has 3 rings (SSSR count). The number of hydrogen-bond donors (Lipinski definition) is 1. The van der Waals surface area contributed by atoms with Gasteiger partial charge in [-0.05, 0) is 25.4 Å². The number of nitrogen functional groups attached to an aromatic ring is 1. The predicted molar refractivity (Wildman–Crippen MR) is 78.1 cm³/mol. The molecule has 0 spiro atoms. The molecule has 21 heavy (non-hydrogen) atoms. The Kier molecular flexibility index (Phi) is 1.99. The van der Waals surface area contributed by atoms with E-state index in [9.17, 15) is 14.4 Å². The number of anilines is 1. The highest BCUT2D eigenvalue weighted by Crippen LogP contribution is 2.24. The molecule has 6 heteroatoms. The highest BCUT2D eigenvalue weighted by molar-refractivity contribution is 6.03. The van der Waals surface area contributed by atoms with Gasteiger partial charge < -0.3 is 5.73 Å². The molecular formula is C15H15N3O3. The van der Waals surface area contributed by atoms with Gasteiger partial charge in [-0.3, -0.25) is 19.0 Å². The lowest BCUT2D eigenvalue weighted by Crippen LogP contribution is -2.36. The van der Waals surface area contributed by atoms with Crippen molar-refractivity contribution in [2.75, 3.05) is 5.73 Å². The molecule has 1 aromatic carbocycles. The van der Waals surface area contributed by atoms with Gasteiger partial charge in [-0.1, -0.05) is 6.04 Å². The summed E-state index contributed by atoms with van der Waals surface area (Å²) in [5.74, 6) is -1.44. The largest absolute Gasteiger partial charge is 0.398 e. The van der Waals surface area contributed by atoms with Gasteiger partial charge in [0.1, 0.15) is 11.6 Å². The Morgan fingerprint density at radius 3 is 3.05 bits per heavy atom. The minimum Gasteiger partial charge on any atom is -0.398 e. The Morgan fingerprint density at radius 1 is 1.52 bits per heavy atom. The molecule has 2 atom stereocenters. The van der Waals surface area contributed by atoms with Crippen molar-refractivity contribution in [3.63, 3.8) is 0 Å². The van der Waals surface area contributed by atoms with Crippen molar-refractivity contribution < 1.29 is 16.4 Å². The van der Waals surface area contributed by atoms with Crippen molar-refractivity contribution in [2.45, 2.75) is 32.2 Å². The van der Waals surface area contributed by atoms with E-state index in [0.29, 0.717) is 0 Å².